The van der Waals surface area contributed by atoms with Gasteiger partial charge in [-0.3, -0.25) is 14.3 Å². The summed E-state index contributed by atoms with van der Waals surface area (Å²) >= 11 is 4.99. The van der Waals surface area contributed by atoms with E-state index in [0.717, 1.165) is 20.3 Å². The number of fused-ring (bicyclic) bond motifs is 1. The van der Waals surface area contributed by atoms with Crippen LogP contribution in [0.3, 0.4) is 0 Å². The summed E-state index contributed by atoms with van der Waals surface area (Å²) in [6.07, 6.45) is 7.03. The van der Waals surface area contributed by atoms with E-state index in [4.69, 9.17) is 0 Å². The molecule has 10 heteroatoms. The average Bonchev–Trinajstić information content (AvgIpc) is 3.37. The quantitative estimate of drug-likeness (QED) is 0.481. The number of hydrogen-bond acceptors (Lipinski definition) is 5. The number of carboxylic acid groups (broad SMARTS) is 1. The lowest BCUT2D eigenvalue weighted by molar-refractivity contribution is 0.0649. The molecule has 1 saturated heterocycles. The predicted molar refractivity (Wildman–Crippen MR) is 132 cm³/mol. The van der Waals surface area contributed by atoms with E-state index in [1.807, 2.05) is 56.0 Å². The van der Waals surface area contributed by atoms with Crippen molar-refractivity contribution in [3.8, 4) is 5.95 Å². The van der Waals surface area contributed by atoms with E-state index in [-0.39, 0.29) is 11.9 Å². The Morgan fingerprint density at radius 2 is 1.94 bits per heavy atom. The molecule has 0 bridgehead atoms. The fraction of sp³-hybridized carbons (Fsp3) is 0.391. The molecule has 1 atom stereocenters. The van der Waals surface area contributed by atoms with E-state index >= 15 is 0 Å². The van der Waals surface area contributed by atoms with Crippen LogP contribution in [0.25, 0.3) is 16.9 Å². The first-order valence-electron chi connectivity index (χ1n) is 10.6. The fourth-order valence-electron chi connectivity index (χ4n) is 4.40. The van der Waals surface area contributed by atoms with Crippen LogP contribution >= 0.6 is 27.7 Å². The van der Waals surface area contributed by atoms with Gasteiger partial charge in [-0.2, -0.15) is 0 Å². The topological polar surface area (TPSA) is 91.6 Å². The molecule has 0 unspecified atom stereocenters. The predicted octanol–water partition coefficient (Wildman–Crippen LogP) is 4.90. The van der Waals surface area contributed by atoms with Crippen molar-refractivity contribution >= 4 is 50.6 Å². The van der Waals surface area contributed by atoms with Crippen LogP contribution in [0.1, 0.15) is 37.6 Å². The number of thioether (sulfide) groups is 1. The molecule has 0 aliphatic carbocycles. The van der Waals surface area contributed by atoms with Gasteiger partial charge in [-0.15, -0.1) is 11.8 Å². The second-order valence-electron chi connectivity index (χ2n) is 9.02. The molecule has 33 heavy (non-hydrogen) atoms. The van der Waals surface area contributed by atoms with Crippen molar-refractivity contribution in [1.29, 1.82) is 0 Å². The Bertz CT molecular complexity index is 1210. The first-order chi connectivity index (χ1) is 15.6. The minimum Gasteiger partial charge on any atom is -0.465 e. The second kappa shape index (κ2) is 8.98. The molecule has 1 aromatic carbocycles. The van der Waals surface area contributed by atoms with E-state index in [1.54, 1.807) is 29.1 Å². The third-order valence-corrected chi connectivity index (χ3v) is 6.98. The van der Waals surface area contributed by atoms with Crippen molar-refractivity contribution in [1.82, 2.24) is 24.3 Å². The average molecular weight is 532 g/mol. The molecule has 2 amide bonds. The minimum absolute atomic E-state index is 0.103. The van der Waals surface area contributed by atoms with E-state index in [2.05, 4.69) is 25.9 Å². The molecule has 1 fully saturated rings. The Morgan fingerprint density at radius 1 is 1.24 bits per heavy atom. The van der Waals surface area contributed by atoms with Crippen LogP contribution in [0.5, 0.6) is 0 Å². The summed E-state index contributed by atoms with van der Waals surface area (Å²) in [5.74, 6) is 0.422. The largest absolute Gasteiger partial charge is 0.465 e. The van der Waals surface area contributed by atoms with Crippen molar-refractivity contribution in [3.63, 3.8) is 0 Å². The molecule has 1 aliphatic heterocycles. The number of hydrogen-bond donors (Lipinski definition) is 1. The standard InChI is InChI=1S/C23H26BrN5O3S/c1-23(2,3)29(22(31)32)16-7-8-27(12-16)20(30)14-5-6-17-18(9-14)28(13-19(17)33-4)21-25-10-15(24)11-26-21/h5-6,9-11,13,16H,7-8,12H2,1-4H3,(H,31,32)/t16-/m1/s1. The van der Waals surface area contributed by atoms with Crippen LogP contribution < -0.4 is 0 Å². The van der Waals surface area contributed by atoms with Crippen molar-refractivity contribution < 1.29 is 14.7 Å². The van der Waals surface area contributed by atoms with Crippen LogP contribution in [-0.4, -0.2) is 72.4 Å². The Morgan fingerprint density at radius 3 is 2.55 bits per heavy atom. The minimum atomic E-state index is -0.958. The zero-order valence-electron chi connectivity index (χ0n) is 18.9. The van der Waals surface area contributed by atoms with Crippen molar-refractivity contribution in [2.24, 2.45) is 0 Å². The number of carbonyl (C=O) groups is 2. The zero-order valence-corrected chi connectivity index (χ0v) is 21.4. The molecule has 0 spiro atoms. The normalized spacial score (nSPS) is 16.4. The third kappa shape index (κ3) is 4.59. The summed E-state index contributed by atoms with van der Waals surface area (Å²) in [4.78, 5) is 38.3. The first kappa shape index (κ1) is 23.6. The monoisotopic (exact) mass is 531 g/mol. The summed E-state index contributed by atoms with van der Waals surface area (Å²) in [7, 11) is 0. The summed E-state index contributed by atoms with van der Waals surface area (Å²) < 4.78 is 2.68. The van der Waals surface area contributed by atoms with E-state index in [9.17, 15) is 14.7 Å². The summed E-state index contributed by atoms with van der Waals surface area (Å²) in [6, 6.07) is 5.44. The molecule has 2 aromatic heterocycles. The lowest BCUT2D eigenvalue weighted by atomic mass is 10.0. The van der Waals surface area contributed by atoms with Crippen molar-refractivity contribution in [3.05, 3.63) is 46.8 Å². The molecule has 1 aliphatic rings. The number of rotatable bonds is 4. The molecule has 0 radical (unpaired) electrons. The van der Waals surface area contributed by atoms with Gasteiger partial charge in [0.15, 0.2) is 0 Å². The molecular weight excluding hydrogens is 506 g/mol. The van der Waals surface area contributed by atoms with E-state index < -0.39 is 11.6 Å². The van der Waals surface area contributed by atoms with Crippen LogP contribution in [0.15, 0.2) is 46.2 Å². The maximum Gasteiger partial charge on any atom is 0.408 e. The molecule has 4 rings (SSSR count). The first-order valence-corrected chi connectivity index (χ1v) is 12.6. The molecule has 0 saturated carbocycles. The summed E-state index contributed by atoms with van der Waals surface area (Å²) in [5.41, 5.74) is 0.879. The van der Waals surface area contributed by atoms with Crippen LogP contribution in [0.2, 0.25) is 0 Å². The van der Waals surface area contributed by atoms with Gasteiger partial charge in [-0.25, -0.2) is 14.8 Å². The number of aromatic nitrogens is 3. The highest BCUT2D eigenvalue weighted by Crippen LogP contribution is 2.32. The van der Waals surface area contributed by atoms with E-state index in [1.165, 1.54) is 4.90 Å². The molecular formula is C23H26BrN5O3S. The Labute approximate surface area is 205 Å². The number of amides is 2. The molecule has 3 aromatic rings. The number of nitrogens with zero attached hydrogens (tertiary/aromatic N) is 5. The van der Waals surface area contributed by atoms with Gasteiger partial charge in [-0.05, 0) is 61.5 Å². The van der Waals surface area contributed by atoms with Gasteiger partial charge in [0.25, 0.3) is 5.91 Å². The zero-order chi connectivity index (χ0) is 23.9. The van der Waals surface area contributed by atoms with Crippen LogP contribution in [0, 0.1) is 0 Å². The van der Waals surface area contributed by atoms with Gasteiger partial charge < -0.3 is 10.0 Å². The van der Waals surface area contributed by atoms with Gasteiger partial charge in [0.2, 0.25) is 5.95 Å². The highest BCUT2D eigenvalue weighted by Gasteiger charge is 2.38. The fourth-order valence-corrected chi connectivity index (χ4v) is 5.21. The van der Waals surface area contributed by atoms with Crippen molar-refractivity contribution in [2.75, 3.05) is 19.3 Å². The van der Waals surface area contributed by atoms with Gasteiger partial charge in [0, 0.05) is 53.1 Å². The maximum atomic E-state index is 13.4. The highest BCUT2D eigenvalue weighted by atomic mass is 79.9. The Kier molecular flexibility index (Phi) is 6.41. The summed E-state index contributed by atoms with van der Waals surface area (Å²) in [5, 5.41) is 10.7. The maximum absolute atomic E-state index is 13.4. The lowest BCUT2D eigenvalue weighted by Gasteiger charge is -2.37. The summed E-state index contributed by atoms with van der Waals surface area (Å²) in [6.45, 7) is 6.53. The highest BCUT2D eigenvalue weighted by molar-refractivity contribution is 9.10. The number of benzene rings is 1. The van der Waals surface area contributed by atoms with Crippen LogP contribution in [0.4, 0.5) is 4.79 Å². The Balaban J connectivity index is 1.65. The Hall–Kier alpha value is -2.59. The number of halogens is 1. The van der Waals surface area contributed by atoms with Crippen LogP contribution in [-0.2, 0) is 0 Å². The molecule has 1 N–H and O–H groups in total. The third-order valence-electron chi connectivity index (χ3n) is 5.80. The molecule has 3 heterocycles. The number of likely N-dealkylation sites (tertiary alicyclic amines) is 1. The van der Waals surface area contributed by atoms with Crippen molar-refractivity contribution in [2.45, 2.75) is 43.7 Å². The van der Waals surface area contributed by atoms with Gasteiger partial charge in [-0.1, -0.05) is 6.07 Å². The smallest absolute Gasteiger partial charge is 0.408 e. The molecule has 8 nitrogen and oxygen atoms in total. The van der Waals surface area contributed by atoms with Gasteiger partial charge in [0.05, 0.1) is 16.0 Å². The SMILES string of the molecule is CSc1cn(-c2ncc(Br)cn2)c2cc(C(=O)N3CC[C@@H](N(C(=O)O)C(C)(C)C)C3)ccc12. The van der Waals surface area contributed by atoms with E-state index in [0.29, 0.717) is 31.0 Å². The van der Waals surface area contributed by atoms with Gasteiger partial charge >= 0.3 is 6.09 Å². The van der Waals surface area contributed by atoms with Gasteiger partial charge in [0.1, 0.15) is 0 Å². The number of carbonyl (C=O) groups excluding carboxylic acids is 1. The molecule has 174 valence electrons. The lowest BCUT2D eigenvalue weighted by Crippen LogP contribution is -2.52. The second-order valence-corrected chi connectivity index (χ2v) is 10.8.